The van der Waals surface area contributed by atoms with Gasteiger partial charge < -0.3 is 10.3 Å². The summed E-state index contributed by atoms with van der Waals surface area (Å²) in [6, 6.07) is 9.23. The first-order valence-corrected chi connectivity index (χ1v) is 9.66. The molecular formula is C20H14F3N3O2S. The number of hydrogen-bond acceptors (Lipinski definition) is 4. The van der Waals surface area contributed by atoms with Crippen molar-refractivity contribution in [1.29, 1.82) is 0 Å². The van der Waals surface area contributed by atoms with E-state index in [1.54, 1.807) is 18.2 Å². The number of benzene rings is 2. The monoisotopic (exact) mass is 417 g/mol. The average molecular weight is 417 g/mol. The number of carbonyl (C=O) groups excluding carboxylic acids is 1. The predicted molar refractivity (Wildman–Crippen MR) is 102 cm³/mol. The molecule has 1 atom stereocenters. The summed E-state index contributed by atoms with van der Waals surface area (Å²) in [5, 5.41) is 2.72. The van der Waals surface area contributed by atoms with Crippen LogP contribution >= 0.6 is 11.8 Å². The minimum absolute atomic E-state index is 0.0229. The molecule has 1 aliphatic heterocycles. The van der Waals surface area contributed by atoms with Gasteiger partial charge >= 0.3 is 0 Å². The molecule has 0 spiro atoms. The van der Waals surface area contributed by atoms with Crippen LogP contribution in [0.3, 0.4) is 0 Å². The number of H-pyrrole nitrogens is 1. The van der Waals surface area contributed by atoms with Crippen molar-refractivity contribution in [3.05, 3.63) is 87.0 Å². The van der Waals surface area contributed by atoms with Gasteiger partial charge in [0.15, 0.2) is 5.16 Å². The molecule has 1 amide bonds. The Morgan fingerprint density at radius 3 is 2.62 bits per heavy atom. The molecule has 0 saturated heterocycles. The molecule has 3 aromatic rings. The van der Waals surface area contributed by atoms with Gasteiger partial charge in [-0.2, -0.15) is 0 Å². The first-order chi connectivity index (χ1) is 13.9. The first-order valence-electron chi connectivity index (χ1n) is 8.67. The zero-order valence-corrected chi connectivity index (χ0v) is 15.7. The molecule has 0 unspecified atom stereocenters. The Kier molecular flexibility index (Phi) is 5.14. The summed E-state index contributed by atoms with van der Waals surface area (Å²) in [5.74, 6) is -3.05. The average Bonchev–Trinajstić information content (AvgIpc) is 2.66. The zero-order valence-electron chi connectivity index (χ0n) is 14.8. The fourth-order valence-electron chi connectivity index (χ4n) is 3.23. The van der Waals surface area contributed by atoms with Gasteiger partial charge in [-0.1, -0.05) is 36.0 Å². The normalized spacial score (nSPS) is 15.7. The minimum Gasteiger partial charge on any atom is -0.310 e. The molecule has 9 heteroatoms. The molecule has 0 aliphatic carbocycles. The van der Waals surface area contributed by atoms with Crippen LogP contribution in [-0.2, 0) is 10.5 Å². The van der Waals surface area contributed by atoms with Crippen molar-refractivity contribution in [2.45, 2.75) is 23.2 Å². The van der Waals surface area contributed by atoms with Crippen molar-refractivity contribution in [2.24, 2.45) is 0 Å². The number of amides is 1. The lowest BCUT2D eigenvalue weighted by Gasteiger charge is -2.24. The highest BCUT2D eigenvalue weighted by molar-refractivity contribution is 7.98. The quantitative estimate of drug-likeness (QED) is 0.498. The van der Waals surface area contributed by atoms with Crippen LogP contribution in [0, 0.1) is 17.5 Å². The van der Waals surface area contributed by atoms with E-state index >= 15 is 0 Å². The maximum absolute atomic E-state index is 14.3. The summed E-state index contributed by atoms with van der Waals surface area (Å²) in [4.78, 5) is 31.7. The van der Waals surface area contributed by atoms with E-state index in [9.17, 15) is 22.8 Å². The summed E-state index contributed by atoms with van der Waals surface area (Å²) >= 11 is 1.10. The topological polar surface area (TPSA) is 74.8 Å². The Morgan fingerprint density at radius 2 is 1.86 bits per heavy atom. The second kappa shape index (κ2) is 7.75. The molecule has 1 aromatic heterocycles. The largest absolute Gasteiger partial charge is 0.310 e. The molecule has 148 valence electrons. The van der Waals surface area contributed by atoms with Crippen molar-refractivity contribution >= 4 is 23.5 Å². The molecule has 0 fully saturated rings. The van der Waals surface area contributed by atoms with Gasteiger partial charge in [-0.25, -0.2) is 18.2 Å². The number of nitrogens with one attached hydrogen (secondary N) is 2. The van der Waals surface area contributed by atoms with Gasteiger partial charge in [-0.15, -0.1) is 0 Å². The molecule has 0 radical (unpaired) electrons. The van der Waals surface area contributed by atoms with Gasteiger partial charge in [-0.05, 0) is 23.3 Å². The molecule has 4 rings (SSSR count). The van der Waals surface area contributed by atoms with Crippen LogP contribution in [0.2, 0.25) is 0 Å². The predicted octanol–water partition coefficient (Wildman–Crippen LogP) is 3.95. The standard InChI is InChI=1S/C20H14F3N3O2S/c21-11-5-6-12(15(23)7-11)13-8-16(27)24-18-17(13)19(28)26-20(25-18)29-9-10-3-1-2-4-14(10)22/h1-7,13H,8-9H2,(H2,24,25,26,27,28)/t13-/m1/s1. The van der Waals surface area contributed by atoms with Crippen LogP contribution in [0.5, 0.6) is 0 Å². The van der Waals surface area contributed by atoms with Crippen molar-refractivity contribution in [1.82, 2.24) is 9.97 Å². The summed E-state index contributed by atoms with van der Waals surface area (Å²) < 4.78 is 41.3. The number of fused-ring (bicyclic) bond motifs is 1. The smallest absolute Gasteiger partial charge is 0.257 e. The zero-order chi connectivity index (χ0) is 20.5. The van der Waals surface area contributed by atoms with Gasteiger partial charge in [-0.3, -0.25) is 9.59 Å². The molecule has 1 aliphatic rings. The van der Waals surface area contributed by atoms with Crippen molar-refractivity contribution < 1.29 is 18.0 Å². The number of rotatable bonds is 4. The van der Waals surface area contributed by atoms with Crippen molar-refractivity contribution in [2.75, 3.05) is 5.32 Å². The fraction of sp³-hybridized carbons (Fsp3) is 0.150. The van der Waals surface area contributed by atoms with E-state index in [0.717, 1.165) is 17.8 Å². The Balaban J connectivity index is 1.69. The maximum atomic E-state index is 14.3. The van der Waals surface area contributed by atoms with Gasteiger partial charge in [0, 0.05) is 24.2 Å². The molecule has 5 nitrogen and oxygen atoms in total. The van der Waals surface area contributed by atoms with Crippen molar-refractivity contribution in [3.8, 4) is 0 Å². The van der Waals surface area contributed by atoms with E-state index in [1.807, 2.05) is 0 Å². The van der Waals surface area contributed by atoms with Gasteiger partial charge in [0.1, 0.15) is 23.3 Å². The Hall–Kier alpha value is -3.07. The van der Waals surface area contributed by atoms with Crippen molar-refractivity contribution in [3.63, 3.8) is 0 Å². The number of halogens is 3. The molecule has 2 aromatic carbocycles. The van der Waals surface area contributed by atoms with E-state index in [1.165, 1.54) is 12.1 Å². The molecule has 2 heterocycles. The van der Waals surface area contributed by atoms with E-state index in [0.29, 0.717) is 11.6 Å². The lowest BCUT2D eigenvalue weighted by atomic mass is 9.86. The van der Waals surface area contributed by atoms with Gasteiger partial charge in [0.25, 0.3) is 5.56 Å². The second-order valence-electron chi connectivity index (χ2n) is 6.48. The number of nitrogens with zero attached hydrogens (tertiary/aromatic N) is 1. The number of aromatic nitrogens is 2. The minimum atomic E-state index is -0.888. The lowest BCUT2D eigenvalue weighted by molar-refractivity contribution is -0.116. The SMILES string of the molecule is O=C1C[C@H](c2ccc(F)cc2F)c2c(nc(SCc3ccccc3F)[nH]c2=O)N1. The third-order valence-corrected chi connectivity index (χ3v) is 5.51. The Labute approximate surface area is 167 Å². The van der Waals surface area contributed by atoms with Crippen LogP contribution in [0.25, 0.3) is 0 Å². The number of aromatic amines is 1. The number of hydrogen-bond donors (Lipinski definition) is 2. The van der Waals surface area contributed by atoms with Crippen LogP contribution in [-0.4, -0.2) is 15.9 Å². The summed E-state index contributed by atoms with van der Waals surface area (Å²) in [6.45, 7) is 0. The molecule has 0 saturated carbocycles. The fourth-order valence-corrected chi connectivity index (χ4v) is 4.08. The van der Waals surface area contributed by atoms with Crippen LogP contribution < -0.4 is 10.9 Å². The third-order valence-electron chi connectivity index (χ3n) is 4.59. The summed E-state index contributed by atoms with van der Waals surface area (Å²) in [6.07, 6.45) is -0.165. The maximum Gasteiger partial charge on any atom is 0.257 e. The number of carbonyl (C=O) groups is 1. The van der Waals surface area contributed by atoms with Gasteiger partial charge in [0.05, 0.1) is 5.56 Å². The van der Waals surface area contributed by atoms with Crippen LogP contribution in [0.15, 0.2) is 52.4 Å². The van der Waals surface area contributed by atoms with Gasteiger partial charge in [0.2, 0.25) is 5.91 Å². The number of anilines is 1. The molecule has 2 N–H and O–H groups in total. The third kappa shape index (κ3) is 3.91. The van der Waals surface area contributed by atoms with E-state index in [2.05, 4.69) is 15.3 Å². The highest BCUT2D eigenvalue weighted by atomic mass is 32.2. The van der Waals surface area contributed by atoms with E-state index < -0.39 is 29.0 Å². The number of thioether (sulfide) groups is 1. The summed E-state index contributed by atoms with van der Waals surface area (Å²) in [5.41, 5.74) is 0.0415. The van der Waals surface area contributed by atoms with Crippen LogP contribution in [0.4, 0.5) is 19.0 Å². The van der Waals surface area contributed by atoms with Crippen LogP contribution in [0.1, 0.15) is 29.0 Å². The highest BCUT2D eigenvalue weighted by Crippen LogP contribution is 2.36. The Morgan fingerprint density at radius 1 is 1.07 bits per heavy atom. The Bertz CT molecular complexity index is 1170. The molecule has 29 heavy (non-hydrogen) atoms. The van der Waals surface area contributed by atoms with E-state index in [4.69, 9.17) is 0 Å². The molecule has 0 bridgehead atoms. The lowest BCUT2D eigenvalue weighted by Crippen LogP contribution is -2.31. The van der Waals surface area contributed by atoms with E-state index in [-0.39, 0.29) is 40.1 Å². The first kappa shape index (κ1) is 19.3. The summed E-state index contributed by atoms with van der Waals surface area (Å²) in [7, 11) is 0. The second-order valence-corrected chi connectivity index (χ2v) is 7.45. The molecular weight excluding hydrogens is 403 g/mol. The highest BCUT2D eigenvalue weighted by Gasteiger charge is 2.32.